The van der Waals surface area contributed by atoms with Crippen molar-refractivity contribution in [1.82, 2.24) is 9.38 Å². The van der Waals surface area contributed by atoms with Crippen molar-refractivity contribution in [2.45, 2.75) is 20.0 Å². The Labute approximate surface area is 139 Å². The molecular formula is C19H16N4O. The number of hydrogen-bond acceptors (Lipinski definition) is 4. The van der Waals surface area contributed by atoms with Gasteiger partial charge in [-0.3, -0.25) is 4.40 Å². The van der Waals surface area contributed by atoms with Crippen molar-refractivity contribution in [1.29, 1.82) is 0 Å². The van der Waals surface area contributed by atoms with Gasteiger partial charge in [-0.2, -0.15) is 0 Å². The van der Waals surface area contributed by atoms with Gasteiger partial charge in [-0.05, 0) is 49.2 Å². The van der Waals surface area contributed by atoms with Crippen molar-refractivity contribution >= 4 is 23.3 Å². The van der Waals surface area contributed by atoms with Crippen LogP contribution in [0.5, 0.6) is 5.75 Å². The number of allylic oxidation sites excluding steroid dienone is 1. The van der Waals surface area contributed by atoms with E-state index in [-0.39, 0.29) is 6.10 Å². The average Bonchev–Trinajstić information content (AvgIpc) is 3.23. The van der Waals surface area contributed by atoms with E-state index in [0.717, 1.165) is 33.8 Å². The predicted molar refractivity (Wildman–Crippen MR) is 95.7 cm³/mol. The van der Waals surface area contributed by atoms with E-state index in [1.807, 2.05) is 42.8 Å². The molecule has 1 aliphatic heterocycles. The fourth-order valence-electron chi connectivity index (χ4n) is 2.68. The summed E-state index contributed by atoms with van der Waals surface area (Å²) in [4.78, 5) is 4.48. The molecule has 3 aromatic rings. The van der Waals surface area contributed by atoms with Gasteiger partial charge in [-0.15, -0.1) is 10.2 Å². The Morgan fingerprint density at radius 2 is 1.92 bits per heavy atom. The third-order valence-electron chi connectivity index (χ3n) is 3.76. The number of aromatic nitrogens is 2. The van der Waals surface area contributed by atoms with E-state index in [0.29, 0.717) is 0 Å². The van der Waals surface area contributed by atoms with Crippen LogP contribution in [-0.2, 0) is 0 Å². The molecule has 0 amide bonds. The van der Waals surface area contributed by atoms with Gasteiger partial charge < -0.3 is 4.74 Å². The molecule has 118 valence electrons. The molecule has 0 spiro atoms. The van der Waals surface area contributed by atoms with Crippen LogP contribution in [0, 0.1) is 0 Å². The molecule has 3 heterocycles. The zero-order chi connectivity index (χ0) is 16.5. The molecule has 2 aromatic heterocycles. The molecule has 0 saturated heterocycles. The van der Waals surface area contributed by atoms with Crippen LogP contribution in [-0.4, -0.2) is 27.6 Å². The monoisotopic (exact) mass is 316 g/mol. The zero-order valence-corrected chi connectivity index (χ0v) is 13.5. The average molecular weight is 316 g/mol. The molecule has 1 aliphatic rings. The van der Waals surface area contributed by atoms with Gasteiger partial charge >= 0.3 is 0 Å². The van der Waals surface area contributed by atoms with Crippen LogP contribution in [0.4, 0.5) is 0 Å². The first-order chi connectivity index (χ1) is 11.7. The molecule has 0 bridgehead atoms. The topological polar surface area (TPSA) is 51.2 Å². The highest BCUT2D eigenvalue weighted by Crippen LogP contribution is 2.25. The van der Waals surface area contributed by atoms with E-state index in [9.17, 15) is 0 Å². The number of hydrogen-bond donors (Lipinski definition) is 0. The maximum absolute atomic E-state index is 5.69. The van der Waals surface area contributed by atoms with Crippen molar-refractivity contribution in [3.8, 4) is 16.9 Å². The van der Waals surface area contributed by atoms with Gasteiger partial charge in [0.05, 0.1) is 29.8 Å². The zero-order valence-electron chi connectivity index (χ0n) is 13.5. The highest BCUT2D eigenvalue weighted by molar-refractivity contribution is 6.22. The largest absolute Gasteiger partial charge is 0.491 e. The number of rotatable bonds is 4. The molecule has 0 atom stereocenters. The van der Waals surface area contributed by atoms with E-state index in [4.69, 9.17) is 4.74 Å². The quantitative estimate of drug-likeness (QED) is 0.734. The normalized spacial score (nSPS) is 13.0. The Bertz CT molecular complexity index is 990. The number of imidazole rings is 1. The minimum Gasteiger partial charge on any atom is -0.491 e. The van der Waals surface area contributed by atoms with E-state index in [1.54, 1.807) is 6.21 Å². The lowest BCUT2D eigenvalue weighted by atomic mass is 10.1. The lowest BCUT2D eigenvalue weighted by molar-refractivity contribution is 0.242. The molecule has 0 aliphatic carbocycles. The van der Waals surface area contributed by atoms with Crippen LogP contribution in [0.25, 0.3) is 22.3 Å². The maximum atomic E-state index is 5.69. The standard InChI is InChI=1S/C19H16N4O/c1-13(2)24-17-5-3-14(4-6-17)15-7-8-23-18(12-20-19(23)9-15)16-10-21-22-11-16/h3-10,12-13H,1-2H3. The summed E-state index contributed by atoms with van der Waals surface area (Å²) < 4.78 is 7.70. The first-order valence-corrected chi connectivity index (χ1v) is 7.81. The molecule has 0 unspecified atom stereocenters. The Morgan fingerprint density at radius 3 is 2.62 bits per heavy atom. The van der Waals surface area contributed by atoms with Gasteiger partial charge in [0.15, 0.2) is 0 Å². The smallest absolute Gasteiger partial charge is 0.137 e. The third kappa shape index (κ3) is 2.62. The second-order valence-corrected chi connectivity index (χ2v) is 5.85. The summed E-state index contributed by atoms with van der Waals surface area (Å²) in [6, 6.07) is 12.2. The number of nitrogens with zero attached hydrogens (tertiary/aromatic N) is 4. The highest BCUT2D eigenvalue weighted by Gasteiger charge is 2.10. The summed E-state index contributed by atoms with van der Waals surface area (Å²) >= 11 is 0. The van der Waals surface area contributed by atoms with Gasteiger partial charge in [0.2, 0.25) is 0 Å². The third-order valence-corrected chi connectivity index (χ3v) is 3.76. The van der Waals surface area contributed by atoms with Crippen LogP contribution in [0.1, 0.15) is 19.5 Å². The summed E-state index contributed by atoms with van der Waals surface area (Å²) in [5.41, 5.74) is 4.88. The summed E-state index contributed by atoms with van der Waals surface area (Å²) in [5, 5.41) is 7.57. The first-order valence-electron chi connectivity index (χ1n) is 7.81. The Morgan fingerprint density at radius 1 is 1.08 bits per heavy atom. The molecule has 0 N–H and O–H groups in total. The SMILES string of the molecule is CC(C)Oc1ccc(-c2ccn3c(C4=C=NN=C4)cnc3c2)cc1. The number of fused-ring (bicyclic) bond motifs is 1. The van der Waals surface area contributed by atoms with E-state index in [1.165, 1.54) is 0 Å². The lowest BCUT2D eigenvalue weighted by Crippen LogP contribution is -2.05. The molecule has 0 radical (unpaired) electrons. The summed E-state index contributed by atoms with van der Waals surface area (Å²) in [5.74, 6) is 3.74. The Kier molecular flexibility index (Phi) is 3.48. The second kappa shape index (κ2) is 5.80. The fourth-order valence-corrected chi connectivity index (χ4v) is 2.68. The van der Waals surface area contributed by atoms with Crippen molar-refractivity contribution < 1.29 is 4.74 Å². The number of benzene rings is 1. The second-order valence-electron chi connectivity index (χ2n) is 5.85. The number of pyridine rings is 1. The van der Waals surface area contributed by atoms with E-state index < -0.39 is 0 Å². The summed E-state index contributed by atoms with van der Waals surface area (Å²) in [6.07, 6.45) is 5.68. The maximum Gasteiger partial charge on any atom is 0.137 e. The minimum atomic E-state index is 0.174. The van der Waals surface area contributed by atoms with Gasteiger partial charge in [0.25, 0.3) is 0 Å². The lowest BCUT2D eigenvalue weighted by Gasteiger charge is -2.10. The number of ether oxygens (including phenoxy) is 1. The molecule has 5 heteroatoms. The van der Waals surface area contributed by atoms with E-state index >= 15 is 0 Å². The van der Waals surface area contributed by atoms with Gasteiger partial charge in [0.1, 0.15) is 11.4 Å². The van der Waals surface area contributed by atoms with Crippen molar-refractivity contribution in [2.24, 2.45) is 10.2 Å². The van der Waals surface area contributed by atoms with Crippen molar-refractivity contribution in [3.05, 3.63) is 54.5 Å². The van der Waals surface area contributed by atoms with Crippen LogP contribution >= 0.6 is 0 Å². The molecule has 0 fully saturated rings. The molecule has 24 heavy (non-hydrogen) atoms. The van der Waals surface area contributed by atoms with Crippen molar-refractivity contribution in [3.63, 3.8) is 0 Å². The molecule has 1 aromatic carbocycles. The van der Waals surface area contributed by atoms with E-state index in [2.05, 4.69) is 45.3 Å². The minimum absolute atomic E-state index is 0.174. The fraction of sp³-hybridized carbons (Fsp3) is 0.158. The molecule has 4 rings (SSSR count). The molecule has 0 saturated carbocycles. The highest BCUT2D eigenvalue weighted by atomic mass is 16.5. The van der Waals surface area contributed by atoms with Gasteiger partial charge in [-0.1, -0.05) is 12.1 Å². The van der Waals surface area contributed by atoms with Crippen LogP contribution in [0.15, 0.2) is 59.0 Å². The Balaban J connectivity index is 1.68. The van der Waals surface area contributed by atoms with Gasteiger partial charge in [-0.25, -0.2) is 4.98 Å². The summed E-state index contributed by atoms with van der Waals surface area (Å²) in [6.45, 7) is 4.04. The molecule has 5 nitrogen and oxygen atoms in total. The summed E-state index contributed by atoms with van der Waals surface area (Å²) in [7, 11) is 0. The van der Waals surface area contributed by atoms with Gasteiger partial charge in [0, 0.05) is 12.1 Å². The van der Waals surface area contributed by atoms with Crippen LogP contribution in [0.3, 0.4) is 0 Å². The first kappa shape index (κ1) is 14.4. The van der Waals surface area contributed by atoms with Crippen LogP contribution < -0.4 is 4.74 Å². The van der Waals surface area contributed by atoms with Crippen molar-refractivity contribution in [2.75, 3.05) is 0 Å². The molecular weight excluding hydrogens is 300 g/mol. The predicted octanol–water partition coefficient (Wildman–Crippen LogP) is 3.84. The Hall–Kier alpha value is -3.17. The van der Waals surface area contributed by atoms with Crippen LogP contribution in [0.2, 0.25) is 0 Å².